The Kier molecular flexibility index (Phi) is 5.67. The number of hydrogen-bond donors (Lipinski definition) is 0. The summed E-state index contributed by atoms with van der Waals surface area (Å²) >= 11 is 3.57. The van der Waals surface area contributed by atoms with E-state index in [9.17, 15) is 0 Å². The molecule has 0 radical (unpaired) electrons. The molecule has 49 heavy (non-hydrogen) atoms. The molecule has 0 N–H and O–H groups in total. The molecule has 0 amide bonds. The average Bonchev–Trinajstić information content (AvgIpc) is 3.85. The molecule has 11 rings (SSSR count). The number of rotatable bonds is 3. The minimum absolute atomic E-state index is 0.737. The van der Waals surface area contributed by atoms with E-state index >= 15 is 0 Å². The van der Waals surface area contributed by atoms with Gasteiger partial charge >= 0.3 is 0 Å². The van der Waals surface area contributed by atoms with Crippen molar-refractivity contribution in [1.82, 2.24) is 19.5 Å². The first-order valence-electron chi connectivity index (χ1n) is 16.3. The molecule has 6 aromatic carbocycles. The van der Waals surface area contributed by atoms with Crippen LogP contribution < -0.4 is 0 Å². The van der Waals surface area contributed by atoms with Crippen LogP contribution >= 0.6 is 22.7 Å². The molecule has 0 atom stereocenters. The molecule has 5 aromatic heterocycles. The fraction of sp³-hybridized carbons (Fsp3) is 0. The highest BCUT2D eigenvalue weighted by Gasteiger charge is 2.22. The lowest BCUT2D eigenvalue weighted by atomic mass is 10.0. The van der Waals surface area contributed by atoms with E-state index in [0.717, 1.165) is 65.7 Å². The maximum absolute atomic E-state index is 5.23. The number of nitrogens with zero attached hydrogens (tertiary/aromatic N) is 4. The molecule has 6 heteroatoms. The van der Waals surface area contributed by atoms with Gasteiger partial charge in [0, 0.05) is 59.7 Å². The summed E-state index contributed by atoms with van der Waals surface area (Å²) in [5.74, 6) is 0.737. The first-order valence-corrected chi connectivity index (χ1v) is 17.9. The number of pyridine rings is 1. The van der Waals surface area contributed by atoms with Crippen LogP contribution in [0.1, 0.15) is 0 Å². The van der Waals surface area contributed by atoms with Gasteiger partial charge in [-0.15, -0.1) is 22.7 Å². The Morgan fingerprint density at radius 2 is 1.20 bits per heavy atom. The molecule has 0 saturated carbocycles. The molecule has 0 bridgehead atoms. The highest BCUT2D eigenvalue weighted by atomic mass is 32.1. The number of para-hydroxylation sites is 1. The second-order valence-corrected chi connectivity index (χ2v) is 14.4. The van der Waals surface area contributed by atoms with Gasteiger partial charge in [-0.3, -0.25) is 4.98 Å². The molecule has 0 spiro atoms. The lowest BCUT2D eigenvalue weighted by Gasteiger charge is -2.11. The zero-order valence-electron chi connectivity index (χ0n) is 26.0. The van der Waals surface area contributed by atoms with Gasteiger partial charge < -0.3 is 4.57 Å². The van der Waals surface area contributed by atoms with Gasteiger partial charge in [0.25, 0.3) is 0 Å². The quantitative estimate of drug-likeness (QED) is 0.189. The standard InChI is InChI=1S/C43H24N4S2/c1-3-12-25(13-4-1)37-36-30-18-11-20-34(40(30)49-43(36)46-42(45-37)26-14-5-2-6-15-26)47-33-19-9-7-16-27(33)32-24-44-38-31(39(32)47)23-22-29-28-17-8-10-21-35(28)48-41(29)38/h1-24H. The average molecular weight is 661 g/mol. The maximum Gasteiger partial charge on any atom is 0.161 e. The van der Waals surface area contributed by atoms with Crippen LogP contribution in [0, 0.1) is 0 Å². The Morgan fingerprint density at radius 3 is 2.06 bits per heavy atom. The van der Waals surface area contributed by atoms with Crippen molar-refractivity contribution in [2.24, 2.45) is 0 Å². The molecule has 228 valence electrons. The Hall–Kier alpha value is -5.95. The Balaban J connectivity index is 1.27. The second-order valence-electron chi connectivity index (χ2n) is 12.4. The van der Waals surface area contributed by atoms with Crippen molar-refractivity contribution in [1.29, 1.82) is 0 Å². The van der Waals surface area contributed by atoms with Crippen molar-refractivity contribution < 1.29 is 0 Å². The van der Waals surface area contributed by atoms with E-state index in [2.05, 4.69) is 132 Å². The van der Waals surface area contributed by atoms with Crippen LogP contribution in [0.2, 0.25) is 0 Å². The van der Waals surface area contributed by atoms with Gasteiger partial charge in [0.2, 0.25) is 0 Å². The molecular formula is C43H24N4S2. The fourth-order valence-electron chi connectivity index (χ4n) is 7.51. The third-order valence-electron chi connectivity index (χ3n) is 9.67. The fourth-order valence-corrected chi connectivity index (χ4v) is 9.89. The first kappa shape index (κ1) is 27.0. The van der Waals surface area contributed by atoms with Crippen molar-refractivity contribution in [2.75, 3.05) is 0 Å². The van der Waals surface area contributed by atoms with Crippen LogP contribution in [0.3, 0.4) is 0 Å². The number of fused-ring (bicyclic) bond motifs is 12. The summed E-state index contributed by atoms with van der Waals surface area (Å²) in [4.78, 5) is 16.6. The Morgan fingerprint density at radius 1 is 0.490 bits per heavy atom. The third-order valence-corrected chi connectivity index (χ3v) is 12.0. The lowest BCUT2D eigenvalue weighted by Crippen LogP contribution is -1.95. The van der Waals surface area contributed by atoms with Crippen molar-refractivity contribution in [3.8, 4) is 28.3 Å². The van der Waals surface area contributed by atoms with Crippen LogP contribution in [-0.4, -0.2) is 19.5 Å². The largest absolute Gasteiger partial charge is 0.307 e. The van der Waals surface area contributed by atoms with Crippen molar-refractivity contribution in [3.63, 3.8) is 0 Å². The summed E-state index contributed by atoms with van der Waals surface area (Å²) in [6, 6.07) is 49.4. The molecule has 0 aliphatic rings. The highest BCUT2D eigenvalue weighted by Crippen LogP contribution is 2.46. The number of aromatic nitrogens is 4. The first-order chi connectivity index (χ1) is 24.3. The van der Waals surface area contributed by atoms with Gasteiger partial charge in [-0.2, -0.15) is 0 Å². The summed E-state index contributed by atoms with van der Waals surface area (Å²) in [6.07, 6.45) is 2.08. The Bertz CT molecular complexity index is 3100. The zero-order chi connectivity index (χ0) is 32.1. The second kappa shape index (κ2) is 10.3. The van der Waals surface area contributed by atoms with Crippen LogP contribution in [0.25, 0.3) is 102 Å². The van der Waals surface area contributed by atoms with Gasteiger partial charge in [0.15, 0.2) is 5.82 Å². The topological polar surface area (TPSA) is 43.6 Å². The van der Waals surface area contributed by atoms with Crippen molar-refractivity contribution in [3.05, 3.63) is 146 Å². The van der Waals surface area contributed by atoms with Gasteiger partial charge in [-0.05, 0) is 24.3 Å². The van der Waals surface area contributed by atoms with Crippen LogP contribution in [0.15, 0.2) is 146 Å². The van der Waals surface area contributed by atoms with Crippen LogP contribution in [-0.2, 0) is 0 Å². The predicted octanol–water partition coefficient (Wildman–Crippen LogP) is 12.2. The molecule has 0 saturated heterocycles. The van der Waals surface area contributed by atoms with E-state index in [1.165, 1.54) is 35.8 Å². The molecule has 4 nitrogen and oxygen atoms in total. The predicted molar refractivity (Wildman–Crippen MR) is 208 cm³/mol. The van der Waals surface area contributed by atoms with E-state index in [-0.39, 0.29) is 0 Å². The lowest BCUT2D eigenvalue weighted by molar-refractivity contribution is 1.21. The van der Waals surface area contributed by atoms with Gasteiger partial charge in [0.1, 0.15) is 4.83 Å². The summed E-state index contributed by atoms with van der Waals surface area (Å²) in [5.41, 5.74) is 7.56. The zero-order valence-corrected chi connectivity index (χ0v) is 27.6. The molecular weight excluding hydrogens is 637 g/mol. The van der Waals surface area contributed by atoms with E-state index in [4.69, 9.17) is 15.0 Å². The molecule has 0 unspecified atom stereocenters. The van der Waals surface area contributed by atoms with Crippen molar-refractivity contribution >= 4 is 95.9 Å². The normalized spacial score (nSPS) is 12.1. The van der Waals surface area contributed by atoms with Gasteiger partial charge in [-0.1, -0.05) is 115 Å². The molecule has 0 aliphatic heterocycles. The Labute approximate surface area is 288 Å². The summed E-state index contributed by atoms with van der Waals surface area (Å²) in [7, 11) is 0. The van der Waals surface area contributed by atoms with Gasteiger partial charge in [0.05, 0.1) is 37.3 Å². The van der Waals surface area contributed by atoms with E-state index in [1.54, 1.807) is 11.3 Å². The maximum atomic E-state index is 5.23. The molecule has 11 aromatic rings. The van der Waals surface area contributed by atoms with Gasteiger partial charge in [-0.25, -0.2) is 9.97 Å². The van der Waals surface area contributed by atoms with E-state index < -0.39 is 0 Å². The van der Waals surface area contributed by atoms with Crippen LogP contribution in [0.5, 0.6) is 0 Å². The van der Waals surface area contributed by atoms with Crippen LogP contribution in [0.4, 0.5) is 0 Å². The molecule has 5 heterocycles. The molecule has 0 fully saturated rings. The van der Waals surface area contributed by atoms with E-state index in [0.29, 0.717) is 0 Å². The summed E-state index contributed by atoms with van der Waals surface area (Å²) in [5, 5.41) is 8.29. The van der Waals surface area contributed by atoms with E-state index in [1.807, 2.05) is 29.5 Å². The highest BCUT2D eigenvalue weighted by molar-refractivity contribution is 7.26. The monoisotopic (exact) mass is 660 g/mol. The number of thiophene rings is 2. The minimum atomic E-state index is 0.737. The SMILES string of the molecule is c1ccc(-c2nc(-c3ccccc3)c3c(n2)sc2c(-n4c5ccccc5c5cnc6c(ccc7c8ccccc8sc76)c54)cccc23)cc1. The smallest absolute Gasteiger partial charge is 0.161 e. The minimum Gasteiger partial charge on any atom is -0.307 e. The molecule has 0 aliphatic carbocycles. The third kappa shape index (κ3) is 3.87. The number of benzene rings is 6. The van der Waals surface area contributed by atoms with Crippen molar-refractivity contribution in [2.45, 2.75) is 0 Å². The summed E-state index contributed by atoms with van der Waals surface area (Å²) < 4.78 is 6.16. The number of hydrogen-bond acceptors (Lipinski definition) is 5. The summed E-state index contributed by atoms with van der Waals surface area (Å²) in [6.45, 7) is 0.